The van der Waals surface area contributed by atoms with Gasteiger partial charge in [0.05, 0.1) is 30.9 Å². The molecule has 0 unspecified atom stereocenters. The molecule has 1 aliphatic rings. The number of rotatable bonds is 13. The molecule has 5 atom stereocenters. The molecule has 0 saturated carbocycles. The standard InChI is InChI=1S/C40H36O9/c41-25-34-35(44-26-28-13-5-1-6-14-28)36(45-27-29-15-7-2-8-16-29)37(49-39(43)31-19-11-4-12-20-31)40(48-34)47-33-23-21-32(22-24-33)46-38(42)30-17-9-3-10-18-30/h1-24,34-37,40-41H,25-27H2/t34-,35+,36+,37-,40+/m1/s1. The number of hydrogen-bond donors (Lipinski definition) is 1. The molecule has 5 aromatic carbocycles. The first-order valence-corrected chi connectivity index (χ1v) is 15.9. The summed E-state index contributed by atoms with van der Waals surface area (Å²) < 4.78 is 37.1. The highest BCUT2D eigenvalue weighted by molar-refractivity contribution is 5.91. The van der Waals surface area contributed by atoms with Gasteiger partial charge in [-0.25, -0.2) is 9.59 Å². The SMILES string of the molecule is O=C(Oc1ccc(O[C@H]2O[C@H](CO)[C@H](OCc3ccccc3)[C@H](OCc3ccccc3)[C@H]2OC(=O)c2ccccc2)cc1)c1ccccc1. The van der Waals surface area contributed by atoms with Crippen LogP contribution in [0.2, 0.25) is 0 Å². The maximum absolute atomic E-state index is 13.5. The van der Waals surface area contributed by atoms with E-state index in [1.165, 1.54) is 0 Å². The Labute approximate surface area is 284 Å². The Kier molecular flexibility index (Phi) is 11.4. The molecule has 9 heteroatoms. The second kappa shape index (κ2) is 16.7. The highest BCUT2D eigenvalue weighted by Crippen LogP contribution is 2.32. The van der Waals surface area contributed by atoms with Gasteiger partial charge in [-0.05, 0) is 59.7 Å². The third kappa shape index (κ3) is 8.98. The number of carbonyl (C=O) groups is 2. The van der Waals surface area contributed by atoms with Gasteiger partial charge in [-0.1, -0.05) is 97.1 Å². The molecule has 6 rings (SSSR count). The van der Waals surface area contributed by atoms with Gasteiger partial charge in [-0.2, -0.15) is 0 Å². The topological polar surface area (TPSA) is 110 Å². The van der Waals surface area contributed by atoms with Gasteiger partial charge >= 0.3 is 11.9 Å². The van der Waals surface area contributed by atoms with Crippen molar-refractivity contribution in [3.05, 3.63) is 168 Å². The second-order valence-corrected chi connectivity index (χ2v) is 11.3. The lowest BCUT2D eigenvalue weighted by Gasteiger charge is -2.45. The summed E-state index contributed by atoms with van der Waals surface area (Å²) in [5.41, 5.74) is 2.55. The molecule has 0 aromatic heterocycles. The van der Waals surface area contributed by atoms with Crippen LogP contribution in [0, 0.1) is 0 Å². The molecule has 0 aliphatic carbocycles. The molecule has 1 aliphatic heterocycles. The Morgan fingerprint density at radius 1 is 0.551 bits per heavy atom. The molecule has 1 fully saturated rings. The van der Waals surface area contributed by atoms with Crippen molar-refractivity contribution in [3.8, 4) is 11.5 Å². The highest BCUT2D eigenvalue weighted by Gasteiger charge is 2.51. The van der Waals surface area contributed by atoms with Gasteiger partial charge in [0.25, 0.3) is 0 Å². The monoisotopic (exact) mass is 660 g/mol. The van der Waals surface area contributed by atoms with Crippen LogP contribution in [-0.2, 0) is 32.2 Å². The lowest BCUT2D eigenvalue weighted by Crippen LogP contribution is -2.62. The number of benzene rings is 5. The molecule has 0 radical (unpaired) electrons. The Balaban J connectivity index is 1.28. The largest absolute Gasteiger partial charge is 0.461 e. The van der Waals surface area contributed by atoms with Crippen molar-refractivity contribution in [3.63, 3.8) is 0 Å². The number of esters is 2. The molecule has 1 N–H and O–H groups in total. The number of aliphatic hydroxyl groups excluding tert-OH is 1. The van der Waals surface area contributed by atoms with Crippen LogP contribution in [0.4, 0.5) is 0 Å². The van der Waals surface area contributed by atoms with E-state index < -0.39 is 49.3 Å². The molecular formula is C40H36O9. The van der Waals surface area contributed by atoms with Gasteiger partial charge in [-0.3, -0.25) is 0 Å². The summed E-state index contributed by atoms with van der Waals surface area (Å²) in [4.78, 5) is 26.1. The van der Waals surface area contributed by atoms with E-state index in [1.807, 2.05) is 66.7 Å². The average Bonchev–Trinajstić information content (AvgIpc) is 3.16. The minimum atomic E-state index is -1.21. The van der Waals surface area contributed by atoms with Crippen LogP contribution in [0.5, 0.6) is 11.5 Å². The van der Waals surface area contributed by atoms with Crippen molar-refractivity contribution in [2.75, 3.05) is 6.61 Å². The van der Waals surface area contributed by atoms with Gasteiger partial charge in [-0.15, -0.1) is 0 Å². The third-order valence-corrected chi connectivity index (χ3v) is 7.89. The summed E-state index contributed by atoms with van der Waals surface area (Å²) in [6.45, 7) is -0.0503. The van der Waals surface area contributed by atoms with Crippen molar-refractivity contribution >= 4 is 11.9 Å². The van der Waals surface area contributed by atoms with Crippen LogP contribution < -0.4 is 9.47 Å². The van der Waals surface area contributed by atoms with Crippen molar-refractivity contribution in [1.82, 2.24) is 0 Å². The number of carbonyl (C=O) groups excluding carboxylic acids is 2. The van der Waals surface area contributed by atoms with Crippen LogP contribution >= 0.6 is 0 Å². The van der Waals surface area contributed by atoms with E-state index >= 15 is 0 Å². The fourth-order valence-corrected chi connectivity index (χ4v) is 5.40. The Hall–Kier alpha value is -5.32. The Morgan fingerprint density at radius 3 is 1.55 bits per heavy atom. The minimum absolute atomic E-state index is 0.169. The van der Waals surface area contributed by atoms with Crippen molar-refractivity contribution < 1.29 is 43.1 Å². The Bertz CT molecular complexity index is 1750. The van der Waals surface area contributed by atoms with Crippen molar-refractivity contribution in [1.29, 1.82) is 0 Å². The van der Waals surface area contributed by atoms with E-state index in [0.29, 0.717) is 22.6 Å². The van der Waals surface area contributed by atoms with E-state index in [4.69, 9.17) is 28.4 Å². The van der Waals surface area contributed by atoms with Gasteiger partial charge in [0.1, 0.15) is 29.8 Å². The molecule has 1 heterocycles. The fraction of sp³-hybridized carbons (Fsp3) is 0.200. The van der Waals surface area contributed by atoms with Crippen LogP contribution in [0.1, 0.15) is 31.8 Å². The molecule has 0 bridgehead atoms. The van der Waals surface area contributed by atoms with Crippen LogP contribution in [0.3, 0.4) is 0 Å². The average molecular weight is 661 g/mol. The molecule has 0 spiro atoms. The van der Waals surface area contributed by atoms with E-state index in [9.17, 15) is 14.7 Å². The van der Waals surface area contributed by atoms with Crippen molar-refractivity contribution in [2.45, 2.75) is 43.9 Å². The van der Waals surface area contributed by atoms with Crippen molar-refractivity contribution in [2.24, 2.45) is 0 Å². The first-order chi connectivity index (χ1) is 24.1. The van der Waals surface area contributed by atoms with E-state index in [1.54, 1.807) is 78.9 Å². The van der Waals surface area contributed by atoms with Gasteiger partial charge in [0.15, 0.2) is 6.10 Å². The van der Waals surface area contributed by atoms with E-state index in [2.05, 4.69) is 0 Å². The molecule has 5 aromatic rings. The lowest BCUT2D eigenvalue weighted by atomic mass is 9.97. The zero-order valence-corrected chi connectivity index (χ0v) is 26.6. The summed E-state index contributed by atoms with van der Waals surface area (Å²) >= 11 is 0. The first kappa shape index (κ1) is 33.6. The summed E-state index contributed by atoms with van der Waals surface area (Å²) in [7, 11) is 0. The predicted octanol–water partition coefficient (Wildman–Crippen LogP) is 6.40. The van der Waals surface area contributed by atoms with E-state index in [-0.39, 0.29) is 13.2 Å². The molecule has 0 amide bonds. The second-order valence-electron chi connectivity index (χ2n) is 11.3. The Morgan fingerprint density at radius 2 is 1.02 bits per heavy atom. The number of ether oxygens (including phenoxy) is 6. The maximum atomic E-state index is 13.5. The molecule has 9 nitrogen and oxygen atoms in total. The molecule has 1 saturated heterocycles. The molecule has 49 heavy (non-hydrogen) atoms. The fourth-order valence-electron chi connectivity index (χ4n) is 5.40. The summed E-state index contributed by atoms with van der Waals surface area (Å²) in [5, 5.41) is 10.5. The summed E-state index contributed by atoms with van der Waals surface area (Å²) in [5.74, 6) is -0.455. The first-order valence-electron chi connectivity index (χ1n) is 15.9. The number of hydrogen-bond acceptors (Lipinski definition) is 9. The quantitative estimate of drug-likeness (QED) is 0.113. The predicted molar refractivity (Wildman–Crippen MR) is 180 cm³/mol. The summed E-state index contributed by atoms with van der Waals surface area (Å²) in [6.07, 6.45) is -5.00. The normalized spacial score (nSPS) is 20.2. The lowest BCUT2D eigenvalue weighted by molar-refractivity contribution is -0.296. The molecule has 250 valence electrons. The summed E-state index contributed by atoms with van der Waals surface area (Å²) in [6, 6.07) is 42.8. The minimum Gasteiger partial charge on any atom is -0.461 e. The van der Waals surface area contributed by atoms with Gasteiger partial charge in [0.2, 0.25) is 6.29 Å². The third-order valence-electron chi connectivity index (χ3n) is 7.89. The van der Waals surface area contributed by atoms with Crippen LogP contribution in [0.15, 0.2) is 146 Å². The molecular weight excluding hydrogens is 624 g/mol. The van der Waals surface area contributed by atoms with Gasteiger partial charge < -0.3 is 33.5 Å². The van der Waals surface area contributed by atoms with Crippen LogP contribution in [-0.4, -0.2) is 54.4 Å². The zero-order valence-electron chi connectivity index (χ0n) is 26.6. The van der Waals surface area contributed by atoms with E-state index in [0.717, 1.165) is 11.1 Å². The maximum Gasteiger partial charge on any atom is 0.343 e. The highest BCUT2D eigenvalue weighted by atomic mass is 16.7. The van der Waals surface area contributed by atoms with Crippen LogP contribution in [0.25, 0.3) is 0 Å². The van der Waals surface area contributed by atoms with Gasteiger partial charge in [0, 0.05) is 0 Å². The number of aliphatic hydroxyl groups is 1. The smallest absolute Gasteiger partial charge is 0.343 e. The zero-order chi connectivity index (χ0) is 33.8.